The SMILES string of the molecule is c1ccc(-c2nc(-c3ccc4sc5ccccc5c4c3)nc(-c3ccccc3-n3c4ccccc4c4ccc(-n5c6ccccc6c6ccccc65)cc43)n2)cc1. The van der Waals surface area contributed by atoms with Crippen molar-refractivity contribution in [3.8, 4) is 45.5 Å². The number of hydrogen-bond donors (Lipinski definition) is 0. The summed E-state index contributed by atoms with van der Waals surface area (Å²) in [5, 5.41) is 7.31. The number of hydrogen-bond acceptors (Lipinski definition) is 4. The van der Waals surface area contributed by atoms with Crippen molar-refractivity contribution in [2.24, 2.45) is 0 Å². The molecule has 0 aliphatic rings. The predicted octanol–water partition coefficient (Wildman–Crippen LogP) is 13.4. The van der Waals surface area contributed by atoms with Crippen LogP contribution in [0.5, 0.6) is 0 Å². The van der Waals surface area contributed by atoms with E-state index in [9.17, 15) is 0 Å². The average molecular weight is 746 g/mol. The van der Waals surface area contributed by atoms with E-state index in [-0.39, 0.29) is 0 Å². The second kappa shape index (κ2) is 12.6. The largest absolute Gasteiger partial charge is 0.309 e. The number of rotatable bonds is 5. The zero-order valence-corrected chi connectivity index (χ0v) is 31.4. The van der Waals surface area contributed by atoms with E-state index in [1.54, 1.807) is 0 Å². The minimum Gasteiger partial charge on any atom is -0.309 e. The number of benzene rings is 8. The fourth-order valence-electron chi connectivity index (χ4n) is 8.62. The highest BCUT2D eigenvalue weighted by atomic mass is 32.1. The van der Waals surface area contributed by atoms with E-state index in [1.807, 2.05) is 29.5 Å². The number of thiophene rings is 1. The predicted molar refractivity (Wildman–Crippen MR) is 238 cm³/mol. The molecule has 0 aliphatic carbocycles. The fraction of sp³-hybridized carbons (Fsp3) is 0. The van der Waals surface area contributed by atoms with Gasteiger partial charge in [-0.2, -0.15) is 0 Å². The second-order valence-corrected chi connectivity index (χ2v) is 15.5. The quantitative estimate of drug-likeness (QED) is 0.176. The Morgan fingerprint density at radius 3 is 1.61 bits per heavy atom. The van der Waals surface area contributed by atoms with Crippen LogP contribution >= 0.6 is 11.3 Å². The molecule has 0 amide bonds. The Morgan fingerprint density at radius 2 is 0.877 bits per heavy atom. The summed E-state index contributed by atoms with van der Waals surface area (Å²) < 4.78 is 7.28. The van der Waals surface area contributed by atoms with Crippen LogP contribution in [0.4, 0.5) is 0 Å². The van der Waals surface area contributed by atoms with E-state index in [0.29, 0.717) is 17.5 Å². The van der Waals surface area contributed by atoms with Gasteiger partial charge < -0.3 is 9.13 Å². The van der Waals surface area contributed by atoms with E-state index in [1.165, 1.54) is 52.8 Å². The van der Waals surface area contributed by atoms with Crippen LogP contribution in [-0.4, -0.2) is 24.1 Å². The summed E-state index contributed by atoms with van der Waals surface area (Å²) >= 11 is 1.81. The summed E-state index contributed by atoms with van der Waals surface area (Å²) in [4.78, 5) is 15.6. The van der Waals surface area contributed by atoms with Crippen molar-refractivity contribution >= 4 is 75.1 Å². The minimum absolute atomic E-state index is 0.620. The molecule has 0 bridgehead atoms. The smallest absolute Gasteiger partial charge is 0.166 e. The highest BCUT2D eigenvalue weighted by molar-refractivity contribution is 7.25. The van der Waals surface area contributed by atoms with Crippen LogP contribution in [0.3, 0.4) is 0 Å². The Bertz CT molecular complexity index is 3490. The molecule has 5 nitrogen and oxygen atoms in total. The number of para-hydroxylation sites is 4. The molecular weight excluding hydrogens is 715 g/mol. The van der Waals surface area contributed by atoms with Crippen LogP contribution in [0.1, 0.15) is 0 Å². The Kier molecular flexibility index (Phi) is 7.03. The van der Waals surface area contributed by atoms with Gasteiger partial charge >= 0.3 is 0 Å². The van der Waals surface area contributed by atoms with Gasteiger partial charge in [-0.1, -0.05) is 121 Å². The summed E-state index contributed by atoms with van der Waals surface area (Å²) in [5.41, 5.74) is 9.51. The summed E-state index contributed by atoms with van der Waals surface area (Å²) in [7, 11) is 0. The average Bonchev–Trinajstić information content (AvgIpc) is 3.94. The molecule has 57 heavy (non-hydrogen) atoms. The fourth-order valence-corrected chi connectivity index (χ4v) is 9.71. The van der Waals surface area contributed by atoms with Gasteiger partial charge in [0.05, 0.1) is 27.8 Å². The van der Waals surface area contributed by atoms with Gasteiger partial charge in [-0.15, -0.1) is 11.3 Å². The van der Waals surface area contributed by atoms with E-state index in [4.69, 9.17) is 15.0 Å². The van der Waals surface area contributed by atoms with Gasteiger partial charge in [0.25, 0.3) is 0 Å². The van der Waals surface area contributed by atoms with E-state index >= 15 is 0 Å². The van der Waals surface area contributed by atoms with E-state index in [0.717, 1.165) is 39.1 Å². The van der Waals surface area contributed by atoms with Crippen molar-refractivity contribution in [1.82, 2.24) is 24.1 Å². The first kappa shape index (κ1) is 31.9. The van der Waals surface area contributed by atoms with Crippen LogP contribution in [0.2, 0.25) is 0 Å². The normalized spacial score (nSPS) is 11.9. The van der Waals surface area contributed by atoms with Gasteiger partial charge in [-0.05, 0) is 66.7 Å². The molecule has 6 heteroatoms. The lowest BCUT2D eigenvalue weighted by molar-refractivity contribution is 1.06. The maximum Gasteiger partial charge on any atom is 0.166 e. The molecule has 12 rings (SSSR count). The molecule has 0 atom stereocenters. The maximum atomic E-state index is 5.29. The molecule has 0 saturated carbocycles. The van der Waals surface area contributed by atoms with Gasteiger partial charge in [0.2, 0.25) is 0 Å². The van der Waals surface area contributed by atoms with Crippen molar-refractivity contribution in [2.45, 2.75) is 0 Å². The van der Waals surface area contributed by atoms with Crippen molar-refractivity contribution in [1.29, 1.82) is 0 Å². The monoisotopic (exact) mass is 745 g/mol. The first-order chi connectivity index (χ1) is 28.3. The molecule has 8 aromatic carbocycles. The van der Waals surface area contributed by atoms with Gasteiger partial charge in [-0.3, -0.25) is 0 Å². The molecule has 0 spiro atoms. The first-order valence-electron chi connectivity index (χ1n) is 19.1. The van der Waals surface area contributed by atoms with Crippen LogP contribution in [0.25, 0.3) is 109 Å². The molecule has 0 saturated heterocycles. The lowest BCUT2D eigenvalue weighted by Crippen LogP contribution is -2.03. The Hall–Kier alpha value is -7.41. The highest BCUT2D eigenvalue weighted by Crippen LogP contribution is 2.40. The summed E-state index contributed by atoms with van der Waals surface area (Å²) in [6.45, 7) is 0. The molecule has 4 heterocycles. The lowest BCUT2D eigenvalue weighted by atomic mass is 10.1. The third-order valence-corrected chi connectivity index (χ3v) is 12.3. The summed E-state index contributed by atoms with van der Waals surface area (Å²) in [6, 6.07) is 66.7. The van der Waals surface area contributed by atoms with E-state index in [2.05, 4.69) is 179 Å². The van der Waals surface area contributed by atoms with Crippen molar-refractivity contribution in [2.75, 3.05) is 0 Å². The van der Waals surface area contributed by atoms with Gasteiger partial charge in [0.15, 0.2) is 17.5 Å². The lowest BCUT2D eigenvalue weighted by Gasteiger charge is -2.15. The van der Waals surface area contributed by atoms with Crippen molar-refractivity contribution < 1.29 is 0 Å². The Morgan fingerprint density at radius 1 is 0.333 bits per heavy atom. The zero-order valence-electron chi connectivity index (χ0n) is 30.5. The third-order valence-electron chi connectivity index (χ3n) is 11.2. The summed E-state index contributed by atoms with van der Waals surface area (Å²) in [5.74, 6) is 1.90. The maximum absolute atomic E-state index is 5.29. The van der Waals surface area contributed by atoms with Gasteiger partial charge in [0, 0.05) is 64.1 Å². The van der Waals surface area contributed by atoms with Gasteiger partial charge in [-0.25, -0.2) is 15.0 Å². The van der Waals surface area contributed by atoms with E-state index < -0.39 is 0 Å². The molecular formula is C51H31N5S. The standard InChI is InChI=1S/C51H31N5S/c1-2-14-32(15-3-1)49-52-50(33-26-29-48-41(30-33)39-19-8-13-25-47(39)57-48)54-51(53-49)40-20-7-12-24-45(40)56-44-23-11-6-18-37(44)38-28-27-34(31-46(38)56)55-42-21-9-4-16-35(42)36-17-5-10-22-43(36)55/h1-31H. The number of fused-ring (bicyclic) bond motifs is 9. The number of nitrogens with zero attached hydrogens (tertiary/aromatic N) is 5. The minimum atomic E-state index is 0.620. The molecule has 4 aromatic heterocycles. The molecule has 0 radical (unpaired) electrons. The zero-order chi connectivity index (χ0) is 37.5. The summed E-state index contributed by atoms with van der Waals surface area (Å²) in [6.07, 6.45) is 0. The third kappa shape index (κ3) is 4.98. The first-order valence-corrected chi connectivity index (χ1v) is 19.9. The molecule has 12 aromatic rings. The number of aromatic nitrogens is 5. The Balaban J connectivity index is 1.10. The molecule has 0 unspecified atom stereocenters. The topological polar surface area (TPSA) is 48.5 Å². The van der Waals surface area contributed by atoms with Crippen LogP contribution in [0, 0.1) is 0 Å². The van der Waals surface area contributed by atoms with Crippen molar-refractivity contribution in [3.05, 3.63) is 188 Å². The van der Waals surface area contributed by atoms with Crippen LogP contribution in [0.15, 0.2) is 188 Å². The van der Waals surface area contributed by atoms with Crippen LogP contribution in [-0.2, 0) is 0 Å². The highest BCUT2D eigenvalue weighted by Gasteiger charge is 2.21. The van der Waals surface area contributed by atoms with Crippen molar-refractivity contribution in [3.63, 3.8) is 0 Å². The van der Waals surface area contributed by atoms with Crippen LogP contribution < -0.4 is 0 Å². The Labute approximate surface area is 331 Å². The molecule has 266 valence electrons. The molecule has 0 N–H and O–H groups in total. The second-order valence-electron chi connectivity index (χ2n) is 14.4. The molecule has 0 aliphatic heterocycles. The van der Waals surface area contributed by atoms with Gasteiger partial charge in [0.1, 0.15) is 0 Å². The molecule has 0 fully saturated rings.